The quantitative estimate of drug-likeness (QED) is 0.446. The predicted molar refractivity (Wildman–Crippen MR) is 124 cm³/mol. The molecule has 1 aliphatic rings. The number of fused-ring (bicyclic) bond motifs is 1. The molecule has 1 saturated heterocycles. The fourth-order valence-corrected chi connectivity index (χ4v) is 4.56. The molecule has 2 unspecified atom stereocenters. The minimum absolute atomic E-state index is 0.0306. The van der Waals surface area contributed by atoms with Gasteiger partial charge in [-0.2, -0.15) is 13.2 Å². The van der Waals surface area contributed by atoms with Crippen molar-refractivity contribution in [1.29, 1.82) is 0 Å². The standard InChI is InChI=1S/C24H21F3N2O5S/c1-12(2)19(21(31)28-16-9-5-4-8-15(16)24(25,26)27)34-22-14(11-18-20(30)29-23(32)35-18)13-7-3-6-10-17(13)33-22/h3-10,12,18-19H,11H2,1-2H3,(H,28,31)(H,29,30,32). The molecule has 0 bridgehead atoms. The third-order valence-electron chi connectivity index (χ3n) is 5.41. The molecule has 11 heteroatoms. The van der Waals surface area contributed by atoms with E-state index in [2.05, 4.69) is 10.6 Å². The Hall–Kier alpha value is -3.47. The van der Waals surface area contributed by atoms with Gasteiger partial charge in [-0.25, -0.2) is 0 Å². The number of hydrogen-bond donors (Lipinski definition) is 2. The van der Waals surface area contributed by atoms with Gasteiger partial charge >= 0.3 is 6.18 Å². The topological polar surface area (TPSA) is 97.6 Å². The van der Waals surface area contributed by atoms with Crippen molar-refractivity contribution in [3.63, 3.8) is 0 Å². The summed E-state index contributed by atoms with van der Waals surface area (Å²) in [5.74, 6) is -1.71. The molecule has 1 aliphatic heterocycles. The van der Waals surface area contributed by atoms with Crippen LogP contribution in [0.4, 0.5) is 23.7 Å². The number of benzene rings is 2. The summed E-state index contributed by atoms with van der Waals surface area (Å²) < 4.78 is 51.9. The van der Waals surface area contributed by atoms with Gasteiger partial charge in [0.05, 0.1) is 16.5 Å². The van der Waals surface area contributed by atoms with Gasteiger partial charge in [-0.1, -0.05) is 55.9 Å². The first kappa shape index (κ1) is 24.6. The van der Waals surface area contributed by atoms with E-state index < -0.39 is 46.1 Å². The molecule has 4 rings (SSSR count). The number of ether oxygens (including phenoxy) is 1. The molecular formula is C24H21F3N2O5S. The third-order valence-corrected chi connectivity index (χ3v) is 6.39. The summed E-state index contributed by atoms with van der Waals surface area (Å²) in [5, 5.41) is 4.01. The second-order valence-electron chi connectivity index (χ2n) is 8.27. The van der Waals surface area contributed by atoms with Gasteiger partial charge in [-0.15, -0.1) is 0 Å². The highest BCUT2D eigenvalue weighted by atomic mass is 32.2. The fourth-order valence-electron chi connectivity index (χ4n) is 3.73. The van der Waals surface area contributed by atoms with Gasteiger partial charge in [0.1, 0.15) is 5.58 Å². The van der Waals surface area contributed by atoms with Crippen molar-refractivity contribution >= 4 is 45.5 Å². The molecule has 2 atom stereocenters. The highest BCUT2D eigenvalue weighted by Gasteiger charge is 2.37. The number of para-hydroxylation sites is 2. The number of imide groups is 1. The molecule has 184 valence electrons. The highest BCUT2D eigenvalue weighted by Crippen LogP contribution is 2.38. The van der Waals surface area contributed by atoms with Crippen LogP contribution in [0, 0.1) is 5.92 Å². The number of anilines is 1. The first-order chi connectivity index (χ1) is 16.5. The van der Waals surface area contributed by atoms with E-state index in [0.29, 0.717) is 16.5 Å². The summed E-state index contributed by atoms with van der Waals surface area (Å²) in [6, 6.07) is 11.6. The fraction of sp³-hybridized carbons (Fsp3) is 0.292. The average Bonchev–Trinajstić information content (AvgIpc) is 3.30. The molecule has 7 nitrogen and oxygen atoms in total. The van der Waals surface area contributed by atoms with Crippen LogP contribution >= 0.6 is 11.8 Å². The number of carbonyl (C=O) groups is 3. The number of hydrogen-bond acceptors (Lipinski definition) is 6. The normalized spacial score (nSPS) is 17.0. The SMILES string of the molecule is CC(C)C(Oc1oc2ccccc2c1CC1SC(=O)NC1=O)C(=O)Nc1ccccc1C(F)(F)F. The van der Waals surface area contributed by atoms with E-state index in [1.54, 1.807) is 38.1 Å². The molecule has 2 aromatic carbocycles. The molecule has 3 amide bonds. The van der Waals surface area contributed by atoms with E-state index in [0.717, 1.165) is 23.9 Å². The van der Waals surface area contributed by atoms with Gasteiger partial charge < -0.3 is 14.5 Å². The van der Waals surface area contributed by atoms with Crippen molar-refractivity contribution in [2.75, 3.05) is 5.32 Å². The molecule has 1 fully saturated rings. The maximum atomic E-state index is 13.4. The lowest BCUT2D eigenvalue weighted by Gasteiger charge is -2.22. The molecule has 3 aromatic rings. The average molecular weight is 507 g/mol. The van der Waals surface area contributed by atoms with Gasteiger partial charge in [0, 0.05) is 17.4 Å². The largest absolute Gasteiger partial charge is 0.451 e. The van der Waals surface area contributed by atoms with Crippen LogP contribution in [0.5, 0.6) is 5.95 Å². The molecule has 1 aromatic heterocycles. The van der Waals surface area contributed by atoms with Gasteiger partial charge in [-0.05, 0) is 24.1 Å². The molecule has 35 heavy (non-hydrogen) atoms. The Morgan fingerprint density at radius 2 is 1.83 bits per heavy atom. The second-order valence-corrected chi connectivity index (χ2v) is 9.44. The van der Waals surface area contributed by atoms with E-state index in [-0.39, 0.29) is 18.1 Å². The van der Waals surface area contributed by atoms with Crippen LogP contribution in [0.2, 0.25) is 0 Å². The smallest absolute Gasteiger partial charge is 0.418 e. The van der Waals surface area contributed by atoms with Crippen molar-refractivity contribution in [1.82, 2.24) is 5.32 Å². The summed E-state index contributed by atoms with van der Waals surface area (Å²) in [7, 11) is 0. The number of amides is 3. The lowest BCUT2D eigenvalue weighted by Crippen LogP contribution is -2.38. The number of thioether (sulfide) groups is 1. The number of carbonyl (C=O) groups excluding carboxylic acids is 3. The zero-order valence-corrected chi connectivity index (χ0v) is 19.5. The van der Waals surface area contributed by atoms with E-state index in [1.165, 1.54) is 12.1 Å². The van der Waals surface area contributed by atoms with Crippen LogP contribution in [0.15, 0.2) is 52.9 Å². The Morgan fingerprint density at radius 3 is 2.49 bits per heavy atom. The van der Waals surface area contributed by atoms with Crippen LogP contribution in [-0.4, -0.2) is 28.4 Å². The number of furan rings is 1. The lowest BCUT2D eigenvalue weighted by molar-refractivity contribution is -0.137. The van der Waals surface area contributed by atoms with Gasteiger partial charge in [0.15, 0.2) is 6.10 Å². The highest BCUT2D eigenvalue weighted by molar-refractivity contribution is 8.15. The zero-order valence-electron chi connectivity index (χ0n) is 18.6. The van der Waals surface area contributed by atoms with Crippen LogP contribution < -0.4 is 15.4 Å². The van der Waals surface area contributed by atoms with Crippen LogP contribution in [0.25, 0.3) is 11.0 Å². The monoisotopic (exact) mass is 506 g/mol. The Kier molecular flexibility index (Phi) is 6.79. The Balaban J connectivity index is 1.64. The van der Waals surface area contributed by atoms with E-state index in [1.807, 2.05) is 0 Å². The van der Waals surface area contributed by atoms with Crippen molar-refractivity contribution in [2.45, 2.75) is 37.8 Å². The van der Waals surface area contributed by atoms with Gasteiger partial charge in [-0.3, -0.25) is 19.7 Å². The Morgan fingerprint density at radius 1 is 1.14 bits per heavy atom. The predicted octanol–water partition coefficient (Wildman–Crippen LogP) is 5.39. The van der Waals surface area contributed by atoms with Crippen molar-refractivity contribution in [3.05, 3.63) is 59.7 Å². The minimum atomic E-state index is -4.65. The van der Waals surface area contributed by atoms with Crippen LogP contribution in [-0.2, 0) is 22.2 Å². The van der Waals surface area contributed by atoms with Gasteiger partial charge in [0.2, 0.25) is 5.91 Å². The summed E-state index contributed by atoms with van der Waals surface area (Å²) in [6.07, 6.45) is -5.76. The number of halogens is 3. The van der Waals surface area contributed by atoms with Crippen molar-refractivity contribution < 1.29 is 36.7 Å². The van der Waals surface area contributed by atoms with Gasteiger partial charge in [0.25, 0.3) is 17.1 Å². The van der Waals surface area contributed by atoms with Crippen molar-refractivity contribution in [3.8, 4) is 5.95 Å². The molecule has 2 heterocycles. The molecule has 0 saturated carbocycles. The first-order valence-corrected chi connectivity index (χ1v) is 11.6. The molecule has 0 radical (unpaired) electrons. The van der Waals surface area contributed by atoms with E-state index in [9.17, 15) is 27.6 Å². The first-order valence-electron chi connectivity index (χ1n) is 10.7. The summed E-state index contributed by atoms with van der Waals surface area (Å²) in [5.41, 5.74) is -0.439. The molecular weight excluding hydrogens is 485 g/mol. The molecule has 0 spiro atoms. The summed E-state index contributed by atoms with van der Waals surface area (Å²) >= 11 is 0.844. The van der Waals surface area contributed by atoms with Crippen molar-refractivity contribution in [2.24, 2.45) is 5.92 Å². The maximum Gasteiger partial charge on any atom is 0.418 e. The van der Waals surface area contributed by atoms with Crippen LogP contribution in [0.1, 0.15) is 25.0 Å². The molecule has 0 aliphatic carbocycles. The Labute approximate surface area is 202 Å². The summed E-state index contributed by atoms with van der Waals surface area (Å²) in [4.78, 5) is 36.8. The summed E-state index contributed by atoms with van der Waals surface area (Å²) in [6.45, 7) is 3.36. The molecule has 2 N–H and O–H groups in total. The number of nitrogens with one attached hydrogen (secondary N) is 2. The lowest BCUT2D eigenvalue weighted by atomic mass is 10.0. The van der Waals surface area contributed by atoms with Crippen LogP contribution in [0.3, 0.4) is 0 Å². The maximum absolute atomic E-state index is 13.4. The third kappa shape index (κ3) is 5.29. The minimum Gasteiger partial charge on any atom is -0.451 e. The number of alkyl halides is 3. The van der Waals surface area contributed by atoms with E-state index in [4.69, 9.17) is 9.15 Å². The Bertz CT molecular complexity index is 1290. The van der Waals surface area contributed by atoms with E-state index >= 15 is 0 Å². The zero-order chi connectivity index (χ0) is 25.3. The number of rotatable bonds is 7. The second kappa shape index (κ2) is 9.65.